The van der Waals surface area contributed by atoms with E-state index in [1.807, 2.05) is 24.3 Å². The van der Waals surface area contributed by atoms with Crippen molar-refractivity contribution in [2.45, 2.75) is 0 Å². The first-order valence-electron chi connectivity index (χ1n) is 9.57. The van der Waals surface area contributed by atoms with Crippen LogP contribution in [0, 0.1) is 0 Å². The molecule has 2 aliphatic heterocycles. The molecule has 0 aliphatic carbocycles. The summed E-state index contributed by atoms with van der Waals surface area (Å²) in [6, 6.07) is 13.9. The minimum absolute atomic E-state index is 0.341. The Morgan fingerprint density at radius 3 is 1.29 bits per heavy atom. The van der Waals surface area contributed by atoms with Gasteiger partial charge in [0, 0.05) is 10.8 Å². The lowest BCUT2D eigenvalue weighted by atomic mass is 9.83. The van der Waals surface area contributed by atoms with Gasteiger partial charge in [0.05, 0.1) is 22.3 Å². The number of benzene rings is 5. The summed E-state index contributed by atoms with van der Waals surface area (Å²) in [5, 5.41) is 6.63. The highest BCUT2D eigenvalue weighted by Gasteiger charge is 2.34. The Kier molecular flexibility index (Phi) is 2.67. The molecule has 0 aromatic heterocycles. The van der Waals surface area contributed by atoms with Crippen LogP contribution in [-0.4, -0.2) is 28.8 Å². The zero-order valence-electron chi connectivity index (χ0n) is 15.7. The molecule has 0 saturated carbocycles. The first-order valence-corrected chi connectivity index (χ1v) is 9.57. The molecule has 7 heteroatoms. The number of carbonyl (C=O) groups is 4. The van der Waals surface area contributed by atoms with Gasteiger partial charge in [0.15, 0.2) is 0 Å². The molecule has 31 heavy (non-hydrogen) atoms. The van der Waals surface area contributed by atoms with Gasteiger partial charge in [-0.1, -0.05) is 24.3 Å². The van der Waals surface area contributed by atoms with E-state index in [9.17, 15) is 19.2 Å². The Morgan fingerprint density at radius 2 is 0.871 bits per heavy atom. The number of hydrazine groups is 1. The molecule has 7 rings (SSSR count). The monoisotopic (exact) mass is 406 g/mol. The lowest BCUT2D eigenvalue weighted by Crippen LogP contribution is -2.45. The summed E-state index contributed by atoms with van der Waals surface area (Å²) in [7, 11) is 0. The maximum atomic E-state index is 12.7. The number of nitrogens with zero attached hydrogens (tertiary/aromatic N) is 1. The zero-order valence-corrected chi connectivity index (χ0v) is 15.7. The topological polar surface area (TPSA) is 107 Å². The van der Waals surface area contributed by atoms with Crippen molar-refractivity contribution in [1.29, 1.82) is 0 Å². The molecule has 0 fully saturated rings. The van der Waals surface area contributed by atoms with Crippen molar-refractivity contribution < 1.29 is 23.9 Å². The Hall–Kier alpha value is -4.36. The predicted molar refractivity (Wildman–Crippen MR) is 112 cm³/mol. The molecule has 2 heterocycles. The summed E-state index contributed by atoms with van der Waals surface area (Å²) in [4.78, 5) is 50.1. The number of nitrogens with two attached hydrogens (primary N) is 1. The van der Waals surface area contributed by atoms with Crippen LogP contribution in [0.1, 0.15) is 41.4 Å². The van der Waals surface area contributed by atoms with Crippen molar-refractivity contribution in [2.24, 2.45) is 5.84 Å². The summed E-state index contributed by atoms with van der Waals surface area (Å²) in [5.41, 5.74) is 1.41. The molecule has 0 spiro atoms. The van der Waals surface area contributed by atoms with Crippen molar-refractivity contribution in [3.05, 3.63) is 70.8 Å². The van der Waals surface area contributed by atoms with Gasteiger partial charge >= 0.3 is 11.9 Å². The molecule has 146 valence electrons. The van der Waals surface area contributed by atoms with Crippen LogP contribution >= 0.6 is 0 Å². The van der Waals surface area contributed by atoms with E-state index in [1.165, 1.54) is 0 Å². The number of imide groups is 1. The second-order valence-electron chi connectivity index (χ2n) is 7.80. The second kappa shape index (κ2) is 5.03. The second-order valence-corrected chi connectivity index (χ2v) is 7.80. The number of rotatable bonds is 0. The number of hydrogen-bond acceptors (Lipinski definition) is 6. The van der Waals surface area contributed by atoms with Gasteiger partial charge in [0.25, 0.3) is 11.8 Å². The molecule has 7 nitrogen and oxygen atoms in total. The van der Waals surface area contributed by atoms with Crippen LogP contribution in [0.15, 0.2) is 48.5 Å². The maximum absolute atomic E-state index is 12.7. The van der Waals surface area contributed by atoms with Gasteiger partial charge in [-0.05, 0) is 56.6 Å². The van der Waals surface area contributed by atoms with Gasteiger partial charge in [-0.25, -0.2) is 20.4 Å². The normalized spacial score (nSPS) is 15.7. The van der Waals surface area contributed by atoms with Gasteiger partial charge in [-0.3, -0.25) is 9.59 Å². The van der Waals surface area contributed by atoms with Crippen LogP contribution in [-0.2, 0) is 4.74 Å². The molecule has 2 amide bonds. The molecule has 5 aromatic carbocycles. The van der Waals surface area contributed by atoms with E-state index in [2.05, 4.69) is 0 Å². The quantitative estimate of drug-likeness (QED) is 0.0802. The fourth-order valence-electron chi connectivity index (χ4n) is 5.13. The Balaban J connectivity index is 1.80. The van der Waals surface area contributed by atoms with E-state index in [-0.39, 0.29) is 0 Å². The first kappa shape index (κ1) is 16.4. The van der Waals surface area contributed by atoms with E-state index in [1.54, 1.807) is 24.3 Å². The van der Waals surface area contributed by atoms with Crippen LogP contribution in [0.5, 0.6) is 0 Å². The van der Waals surface area contributed by atoms with Gasteiger partial charge in [-0.2, -0.15) is 0 Å². The lowest BCUT2D eigenvalue weighted by molar-refractivity contribution is 0.0390. The van der Waals surface area contributed by atoms with E-state index in [0.717, 1.165) is 32.3 Å². The number of cyclic esters (lactones) is 2. The molecule has 0 atom stereocenters. The number of fused-ring (bicyclic) bond motifs is 2. The highest BCUT2D eigenvalue weighted by Crippen LogP contribution is 2.45. The fraction of sp³-hybridized carbons (Fsp3) is 0. The third kappa shape index (κ3) is 1.71. The molecular weight excluding hydrogens is 396 g/mol. The van der Waals surface area contributed by atoms with Gasteiger partial charge in [0.2, 0.25) is 0 Å². The molecule has 0 bridgehead atoms. The van der Waals surface area contributed by atoms with Crippen molar-refractivity contribution in [3.63, 3.8) is 0 Å². The zero-order chi connectivity index (χ0) is 21.2. The van der Waals surface area contributed by atoms with Crippen LogP contribution in [0.2, 0.25) is 0 Å². The van der Waals surface area contributed by atoms with Crippen LogP contribution < -0.4 is 5.84 Å². The minimum Gasteiger partial charge on any atom is -0.386 e. The first-order chi connectivity index (χ1) is 15.0. The molecule has 5 aromatic rings. The average molecular weight is 406 g/mol. The van der Waals surface area contributed by atoms with Crippen molar-refractivity contribution in [3.8, 4) is 0 Å². The highest BCUT2D eigenvalue weighted by atomic mass is 16.6. The van der Waals surface area contributed by atoms with Crippen LogP contribution in [0.3, 0.4) is 0 Å². The van der Waals surface area contributed by atoms with Crippen molar-refractivity contribution in [2.75, 3.05) is 0 Å². The SMILES string of the molecule is NN1C(=O)c2ccc3c4ccc5c6c(ccc(c7ccc(c2c37)C1=O)c64)C(=O)OC5=O. The summed E-state index contributed by atoms with van der Waals surface area (Å²) in [5.74, 6) is 3.27. The van der Waals surface area contributed by atoms with Gasteiger partial charge < -0.3 is 4.74 Å². The number of carbonyl (C=O) groups excluding carboxylic acids is 4. The number of hydrogen-bond donors (Lipinski definition) is 1. The largest absolute Gasteiger partial charge is 0.386 e. The standard InChI is InChI=1S/C24H10N2O5/c25-26-21(27)13-5-1-9-11-3-7-15-20-16(24(30)31-23(15)29)8-4-12(18(11)20)10-2-6-14(22(26)28)19(13)17(9)10/h1-8H,25H2. The lowest BCUT2D eigenvalue weighted by Gasteiger charge is -2.25. The smallest absolute Gasteiger partial charge is 0.346 e. The number of amides is 2. The summed E-state index contributed by atoms with van der Waals surface area (Å²) >= 11 is 0. The van der Waals surface area contributed by atoms with Gasteiger partial charge in [0.1, 0.15) is 0 Å². The molecule has 0 unspecified atom stereocenters. The third-order valence-corrected chi connectivity index (χ3v) is 6.43. The average Bonchev–Trinajstić information content (AvgIpc) is 2.78. The van der Waals surface area contributed by atoms with E-state index >= 15 is 0 Å². The predicted octanol–water partition coefficient (Wildman–Crippen LogP) is 3.52. The van der Waals surface area contributed by atoms with Crippen molar-refractivity contribution >= 4 is 66.8 Å². The third-order valence-electron chi connectivity index (χ3n) is 6.43. The minimum atomic E-state index is -0.670. The molecule has 0 saturated heterocycles. The van der Waals surface area contributed by atoms with E-state index in [0.29, 0.717) is 38.0 Å². The number of ether oxygens (including phenoxy) is 1. The van der Waals surface area contributed by atoms with Gasteiger partial charge in [-0.15, -0.1) is 0 Å². The number of esters is 2. The highest BCUT2D eigenvalue weighted by molar-refractivity contribution is 6.40. The van der Waals surface area contributed by atoms with Crippen LogP contribution in [0.4, 0.5) is 0 Å². The maximum Gasteiger partial charge on any atom is 0.346 e. The Labute approximate surface area is 172 Å². The molecule has 2 aliphatic rings. The Morgan fingerprint density at radius 1 is 0.516 bits per heavy atom. The van der Waals surface area contributed by atoms with Crippen molar-refractivity contribution in [1.82, 2.24) is 5.01 Å². The molecular formula is C24H10N2O5. The van der Waals surface area contributed by atoms with E-state index < -0.39 is 23.8 Å². The fourth-order valence-corrected chi connectivity index (χ4v) is 5.13. The van der Waals surface area contributed by atoms with E-state index in [4.69, 9.17) is 10.6 Å². The Bertz CT molecular complexity index is 1630. The summed E-state index contributed by atoms with van der Waals surface area (Å²) in [6.07, 6.45) is 0. The molecule has 2 N–H and O–H groups in total. The summed E-state index contributed by atoms with van der Waals surface area (Å²) < 4.78 is 4.88. The summed E-state index contributed by atoms with van der Waals surface area (Å²) in [6.45, 7) is 0. The molecule has 0 radical (unpaired) electrons. The van der Waals surface area contributed by atoms with Crippen LogP contribution in [0.25, 0.3) is 43.1 Å².